The highest BCUT2D eigenvalue weighted by Crippen LogP contribution is 2.15. The van der Waals surface area contributed by atoms with Gasteiger partial charge in [-0.2, -0.15) is 5.26 Å². The third kappa shape index (κ3) is 3.00. The van der Waals surface area contributed by atoms with Crippen molar-refractivity contribution in [2.24, 2.45) is 0 Å². The van der Waals surface area contributed by atoms with Crippen LogP contribution < -0.4 is 5.32 Å². The van der Waals surface area contributed by atoms with Crippen LogP contribution in [0.4, 0.5) is 0 Å². The van der Waals surface area contributed by atoms with Crippen molar-refractivity contribution in [3.63, 3.8) is 0 Å². The smallest absolute Gasteiger partial charge is 0.234 e. The third-order valence-electron chi connectivity index (χ3n) is 2.43. The summed E-state index contributed by atoms with van der Waals surface area (Å²) >= 11 is 0. The molecule has 1 fully saturated rings. The maximum atomic E-state index is 11.4. The Morgan fingerprint density at radius 1 is 1.71 bits per heavy atom. The van der Waals surface area contributed by atoms with Gasteiger partial charge in [-0.25, -0.2) is 0 Å². The lowest BCUT2D eigenvalue weighted by Gasteiger charge is -2.17. The predicted molar refractivity (Wildman–Crippen MR) is 53.5 cm³/mol. The maximum Gasteiger partial charge on any atom is 0.234 e. The van der Waals surface area contributed by atoms with Gasteiger partial charge < -0.3 is 5.32 Å². The first kappa shape index (κ1) is 11.0. The van der Waals surface area contributed by atoms with E-state index in [9.17, 15) is 4.79 Å². The Kier molecular flexibility index (Phi) is 4.41. The molecule has 0 aromatic rings. The minimum absolute atomic E-state index is 0.0361. The van der Waals surface area contributed by atoms with Gasteiger partial charge in [0.15, 0.2) is 0 Å². The zero-order chi connectivity index (χ0) is 10.4. The molecule has 0 bridgehead atoms. The van der Waals surface area contributed by atoms with Crippen molar-refractivity contribution in [3.8, 4) is 6.07 Å². The molecule has 0 aromatic carbocycles. The van der Waals surface area contributed by atoms with Gasteiger partial charge in [0.1, 0.15) is 0 Å². The van der Waals surface area contributed by atoms with Crippen LogP contribution in [0.15, 0.2) is 0 Å². The number of amides is 1. The van der Waals surface area contributed by atoms with Gasteiger partial charge in [0.05, 0.1) is 18.7 Å². The largest absolute Gasteiger partial charge is 0.355 e. The molecular weight excluding hydrogens is 178 g/mol. The van der Waals surface area contributed by atoms with E-state index in [2.05, 4.69) is 11.4 Å². The average molecular weight is 195 g/mol. The van der Waals surface area contributed by atoms with Crippen LogP contribution in [0.25, 0.3) is 0 Å². The first-order valence-electron chi connectivity index (χ1n) is 5.18. The Balaban J connectivity index is 2.29. The molecule has 1 unspecified atom stereocenters. The first-order chi connectivity index (χ1) is 6.77. The molecule has 1 atom stereocenters. The molecular formula is C10H17N3O. The van der Waals surface area contributed by atoms with Crippen molar-refractivity contribution in [2.45, 2.75) is 32.2 Å². The fraction of sp³-hybridized carbons (Fsp3) is 0.800. The Morgan fingerprint density at radius 3 is 3.14 bits per heavy atom. The summed E-state index contributed by atoms with van der Waals surface area (Å²) < 4.78 is 0. The van der Waals surface area contributed by atoms with E-state index >= 15 is 0 Å². The molecule has 1 aliphatic heterocycles. The van der Waals surface area contributed by atoms with Gasteiger partial charge in [0, 0.05) is 13.1 Å². The lowest BCUT2D eigenvalue weighted by molar-refractivity contribution is -0.122. The molecule has 1 amide bonds. The van der Waals surface area contributed by atoms with E-state index in [1.165, 1.54) is 0 Å². The highest BCUT2D eigenvalue weighted by Gasteiger charge is 2.25. The predicted octanol–water partition coefficient (Wildman–Crippen LogP) is 0.501. The topological polar surface area (TPSA) is 56.1 Å². The molecule has 0 spiro atoms. The molecule has 1 N–H and O–H groups in total. The number of carbonyl (C=O) groups is 1. The Labute approximate surface area is 84.9 Å². The lowest BCUT2D eigenvalue weighted by Crippen LogP contribution is -2.39. The number of nitriles is 1. The van der Waals surface area contributed by atoms with Crippen molar-refractivity contribution in [2.75, 3.05) is 19.6 Å². The van der Waals surface area contributed by atoms with Crippen molar-refractivity contribution in [1.82, 2.24) is 10.2 Å². The molecule has 4 nitrogen and oxygen atoms in total. The molecule has 0 aromatic heterocycles. The molecule has 0 saturated carbocycles. The molecule has 1 rings (SSSR count). The quantitative estimate of drug-likeness (QED) is 0.710. The summed E-state index contributed by atoms with van der Waals surface area (Å²) in [4.78, 5) is 13.3. The van der Waals surface area contributed by atoms with E-state index in [-0.39, 0.29) is 11.9 Å². The average Bonchev–Trinajstić information content (AvgIpc) is 2.62. The fourth-order valence-corrected chi connectivity index (χ4v) is 1.67. The van der Waals surface area contributed by atoms with Crippen LogP contribution >= 0.6 is 0 Å². The van der Waals surface area contributed by atoms with E-state index in [1.54, 1.807) is 0 Å². The SMILES string of the molecule is CCCNC(=O)CN1CCCC1C#N. The van der Waals surface area contributed by atoms with Gasteiger partial charge >= 0.3 is 0 Å². The van der Waals surface area contributed by atoms with Gasteiger partial charge in [0.2, 0.25) is 5.91 Å². The minimum Gasteiger partial charge on any atom is -0.355 e. The molecule has 1 heterocycles. The van der Waals surface area contributed by atoms with Crippen molar-refractivity contribution in [1.29, 1.82) is 5.26 Å². The van der Waals surface area contributed by atoms with E-state index in [0.29, 0.717) is 6.54 Å². The highest BCUT2D eigenvalue weighted by molar-refractivity contribution is 5.78. The van der Waals surface area contributed by atoms with Gasteiger partial charge in [-0.3, -0.25) is 9.69 Å². The second kappa shape index (κ2) is 5.61. The zero-order valence-electron chi connectivity index (χ0n) is 8.62. The zero-order valence-corrected chi connectivity index (χ0v) is 8.62. The molecule has 4 heteroatoms. The van der Waals surface area contributed by atoms with E-state index in [1.807, 2.05) is 11.8 Å². The number of hydrogen-bond donors (Lipinski definition) is 1. The van der Waals surface area contributed by atoms with Crippen molar-refractivity contribution in [3.05, 3.63) is 0 Å². The third-order valence-corrected chi connectivity index (χ3v) is 2.43. The number of nitrogens with zero attached hydrogens (tertiary/aromatic N) is 2. The van der Waals surface area contributed by atoms with Gasteiger partial charge in [-0.15, -0.1) is 0 Å². The maximum absolute atomic E-state index is 11.4. The Morgan fingerprint density at radius 2 is 2.50 bits per heavy atom. The summed E-state index contributed by atoms with van der Waals surface area (Å²) in [6, 6.07) is 2.17. The van der Waals surface area contributed by atoms with Crippen molar-refractivity contribution >= 4 is 5.91 Å². The normalized spacial score (nSPS) is 21.9. The fourth-order valence-electron chi connectivity index (χ4n) is 1.67. The summed E-state index contributed by atoms with van der Waals surface area (Å²) in [5.74, 6) is 0.0361. The second-order valence-electron chi connectivity index (χ2n) is 3.61. The monoisotopic (exact) mass is 195 g/mol. The molecule has 14 heavy (non-hydrogen) atoms. The highest BCUT2D eigenvalue weighted by atomic mass is 16.2. The van der Waals surface area contributed by atoms with Gasteiger partial charge in [0.25, 0.3) is 0 Å². The second-order valence-corrected chi connectivity index (χ2v) is 3.61. The van der Waals surface area contributed by atoms with Crippen LogP contribution in [0.3, 0.4) is 0 Å². The number of nitrogens with one attached hydrogen (secondary N) is 1. The summed E-state index contributed by atoms with van der Waals surface area (Å²) in [6.45, 7) is 3.99. The van der Waals surface area contributed by atoms with E-state index in [0.717, 1.165) is 32.4 Å². The molecule has 1 saturated heterocycles. The Bertz CT molecular complexity index is 234. The standard InChI is InChI=1S/C10H17N3O/c1-2-5-12-10(14)8-13-6-3-4-9(13)7-11/h9H,2-6,8H2,1H3,(H,12,14). The van der Waals surface area contributed by atoms with Gasteiger partial charge in [-0.05, 0) is 19.3 Å². The molecule has 1 aliphatic rings. The van der Waals surface area contributed by atoms with E-state index < -0.39 is 0 Å². The number of hydrogen-bond acceptors (Lipinski definition) is 3. The number of carbonyl (C=O) groups excluding carboxylic acids is 1. The van der Waals surface area contributed by atoms with Crippen LogP contribution in [0.5, 0.6) is 0 Å². The van der Waals surface area contributed by atoms with Crippen LogP contribution in [-0.4, -0.2) is 36.5 Å². The molecule has 0 radical (unpaired) electrons. The summed E-state index contributed by atoms with van der Waals surface area (Å²) in [6.07, 6.45) is 2.88. The summed E-state index contributed by atoms with van der Waals surface area (Å²) in [5.41, 5.74) is 0. The molecule has 78 valence electrons. The molecule has 0 aliphatic carbocycles. The minimum atomic E-state index is -0.0534. The number of likely N-dealkylation sites (tertiary alicyclic amines) is 1. The van der Waals surface area contributed by atoms with Crippen LogP contribution in [0.2, 0.25) is 0 Å². The first-order valence-corrected chi connectivity index (χ1v) is 5.18. The van der Waals surface area contributed by atoms with Crippen molar-refractivity contribution < 1.29 is 4.79 Å². The number of rotatable bonds is 4. The van der Waals surface area contributed by atoms with Gasteiger partial charge in [-0.1, -0.05) is 6.92 Å². The van der Waals surface area contributed by atoms with Crippen LogP contribution in [0, 0.1) is 11.3 Å². The summed E-state index contributed by atoms with van der Waals surface area (Å²) in [7, 11) is 0. The van der Waals surface area contributed by atoms with Crippen LogP contribution in [-0.2, 0) is 4.79 Å². The Hall–Kier alpha value is -1.08. The summed E-state index contributed by atoms with van der Waals surface area (Å²) in [5, 5.41) is 11.6. The lowest BCUT2D eigenvalue weighted by atomic mass is 10.2. The van der Waals surface area contributed by atoms with Crippen LogP contribution in [0.1, 0.15) is 26.2 Å². The van der Waals surface area contributed by atoms with E-state index in [4.69, 9.17) is 5.26 Å².